The van der Waals surface area contributed by atoms with E-state index in [2.05, 4.69) is 47.8 Å². The number of hydrogen-bond donors (Lipinski definition) is 1. The van der Waals surface area contributed by atoms with Gasteiger partial charge in [-0.2, -0.15) is 0 Å². The highest BCUT2D eigenvalue weighted by Crippen LogP contribution is 2.41. The van der Waals surface area contributed by atoms with Crippen LogP contribution in [-0.2, 0) is 0 Å². The van der Waals surface area contributed by atoms with Gasteiger partial charge in [0.1, 0.15) is 0 Å². The first-order valence-electron chi connectivity index (χ1n) is 7.37. The van der Waals surface area contributed by atoms with Gasteiger partial charge in [-0.3, -0.25) is 0 Å². The normalized spacial score (nSPS) is 25.0. The molecule has 96 valence electrons. The molecule has 2 aliphatic carbocycles. The Labute approximate surface area is 110 Å². The van der Waals surface area contributed by atoms with Gasteiger partial charge in [0.15, 0.2) is 0 Å². The van der Waals surface area contributed by atoms with Crippen molar-refractivity contribution >= 4 is 0 Å². The number of rotatable bonds is 5. The Morgan fingerprint density at radius 3 is 2.56 bits per heavy atom. The second kappa shape index (κ2) is 5.71. The van der Waals surface area contributed by atoms with E-state index < -0.39 is 0 Å². The summed E-state index contributed by atoms with van der Waals surface area (Å²) in [7, 11) is 0. The summed E-state index contributed by atoms with van der Waals surface area (Å²) in [5.41, 5.74) is 1.48. The molecular formula is C17H23N. The fourth-order valence-corrected chi connectivity index (χ4v) is 2.98. The molecule has 1 heteroatoms. The second-order valence-electron chi connectivity index (χ2n) is 5.78. The Bertz CT molecular complexity index is 391. The first kappa shape index (κ1) is 12.0. The van der Waals surface area contributed by atoms with Gasteiger partial charge in [-0.1, -0.05) is 42.5 Å². The summed E-state index contributed by atoms with van der Waals surface area (Å²) in [4.78, 5) is 0. The first-order chi connectivity index (χ1) is 8.93. The van der Waals surface area contributed by atoms with Crippen LogP contribution in [0.3, 0.4) is 0 Å². The molecule has 2 atom stereocenters. The molecule has 1 aromatic carbocycles. The van der Waals surface area contributed by atoms with Crippen molar-refractivity contribution in [3.63, 3.8) is 0 Å². The summed E-state index contributed by atoms with van der Waals surface area (Å²) in [5, 5.41) is 3.83. The number of allylic oxidation sites excluding steroid dienone is 2. The Morgan fingerprint density at radius 2 is 1.89 bits per heavy atom. The van der Waals surface area contributed by atoms with E-state index in [-0.39, 0.29) is 0 Å². The smallest absolute Gasteiger partial charge is 0.0348 e. The Hall–Kier alpha value is -1.08. The second-order valence-corrected chi connectivity index (χ2v) is 5.78. The summed E-state index contributed by atoms with van der Waals surface area (Å²) in [6.45, 7) is 1.18. The number of benzene rings is 1. The zero-order valence-electron chi connectivity index (χ0n) is 11.0. The molecule has 1 fully saturated rings. The fourth-order valence-electron chi connectivity index (χ4n) is 2.98. The van der Waals surface area contributed by atoms with Crippen molar-refractivity contribution in [3.05, 3.63) is 48.0 Å². The maximum atomic E-state index is 3.83. The highest BCUT2D eigenvalue weighted by atomic mass is 14.9. The van der Waals surface area contributed by atoms with Crippen molar-refractivity contribution in [2.75, 3.05) is 6.54 Å². The van der Waals surface area contributed by atoms with Crippen molar-refractivity contribution < 1.29 is 0 Å². The van der Waals surface area contributed by atoms with Crippen LogP contribution in [0.4, 0.5) is 0 Å². The summed E-state index contributed by atoms with van der Waals surface area (Å²) in [6, 6.07) is 11.6. The molecule has 0 saturated heterocycles. The lowest BCUT2D eigenvalue weighted by molar-refractivity contribution is 0.387. The van der Waals surface area contributed by atoms with Crippen LogP contribution < -0.4 is 5.32 Å². The molecular weight excluding hydrogens is 218 g/mol. The zero-order chi connectivity index (χ0) is 12.2. The SMILES string of the molecule is C1=CCC(CNC(c2ccccc2)C2CC2)CC1. The van der Waals surface area contributed by atoms with Gasteiger partial charge in [0.05, 0.1) is 0 Å². The van der Waals surface area contributed by atoms with E-state index in [0.717, 1.165) is 11.8 Å². The molecule has 2 aliphatic rings. The maximum Gasteiger partial charge on any atom is 0.0348 e. The minimum atomic E-state index is 0.595. The molecule has 0 radical (unpaired) electrons. The third-order valence-electron chi connectivity index (χ3n) is 4.26. The van der Waals surface area contributed by atoms with Crippen LogP contribution >= 0.6 is 0 Å². The lowest BCUT2D eigenvalue weighted by Crippen LogP contribution is -2.29. The topological polar surface area (TPSA) is 12.0 Å². The van der Waals surface area contributed by atoms with Gasteiger partial charge >= 0.3 is 0 Å². The summed E-state index contributed by atoms with van der Waals surface area (Å²) in [6.07, 6.45) is 11.4. The average molecular weight is 241 g/mol. The predicted molar refractivity (Wildman–Crippen MR) is 76.4 cm³/mol. The van der Waals surface area contributed by atoms with E-state index in [0.29, 0.717) is 6.04 Å². The van der Waals surface area contributed by atoms with Crippen LogP contribution in [0.15, 0.2) is 42.5 Å². The predicted octanol–water partition coefficient (Wildman–Crippen LogP) is 4.08. The third kappa shape index (κ3) is 3.02. The van der Waals surface area contributed by atoms with Gasteiger partial charge in [0.2, 0.25) is 0 Å². The zero-order valence-corrected chi connectivity index (χ0v) is 11.0. The maximum absolute atomic E-state index is 3.83. The molecule has 18 heavy (non-hydrogen) atoms. The monoisotopic (exact) mass is 241 g/mol. The first-order valence-corrected chi connectivity index (χ1v) is 7.37. The molecule has 1 saturated carbocycles. The molecule has 3 rings (SSSR count). The van der Waals surface area contributed by atoms with Gasteiger partial charge in [-0.15, -0.1) is 0 Å². The Balaban J connectivity index is 1.59. The largest absolute Gasteiger partial charge is 0.309 e. The van der Waals surface area contributed by atoms with E-state index in [1.165, 1.54) is 44.2 Å². The quantitative estimate of drug-likeness (QED) is 0.766. The van der Waals surface area contributed by atoms with Crippen LogP contribution in [0.1, 0.15) is 43.7 Å². The highest BCUT2D eigenvalue weighted by molar-refractivity contribution is 5.21. The number of hydrogen-bond acceptors (Lipinski definition) is 1. The van der Waals surface area contributed by atoms with E-state index in [1.54, 1.807) is 0 Å². The van der Waals surface area contributed by atoms with Crippen LogP contribution in [0.2, 0.25) is 0 Å². The minimum Gasteiger partial charge on any atom is -0.309 e. The summed E-state index contributed by atoms with van der Waals surface area (Å²) in [5.74, 6) is 1.73. The van der Waals surface area contributed by atoms with Gasteiger partial charge in [0.25, 0.3) is 0 Å². The minimum absolute atomic E-state index is 0.595. The molecule has 2 unspecified atom stereocenters. The summed E-state index contributed by atoms with van der Waals surface area (Å²) >= 11 is 0. The summed E-state index contributed by atoms with van der Waals surface area (Å²) < 4.78 is 0. The average Bonchev–Trinajstić information content (AvgIpc) is 3.26. The fraction of sp³-hybridized carbons (Fsp3) is 0.529. The molecule has 1 aromatic rings. The highest BCUT2D eigenvalue weighted by Gasteiger charge is 2.32. The van der Waals surface area contributed by atoms with Crippen molar-refractivity contribution in [2.24, 2.45) is 11.8 Å². The van der Waals surface area contributed by atoms with Crippen LogP contribution in [-0.4, -0.2) is 6.54 Å². The molecule has 0 heterocycles. The van der Waals surface area contributed by atoms with Crippen molar-refractivity contribution in [3.8, 4) is 0 Å². The van der Waals surface area contributed by atoms with E-state index in [9.17, 15) is 0 Å². The lowest BCUT2D eigenvalue weighted by atomic mass is 9.93. The van der Waals surface area contributed by atoms with Crippen LogP contribution in [0.25, 0.3) is 0 Å². The molecule has 1 N–H and O–H groups in total. The van der Waals surface area contributed by atoms with E-state index in [4.69, 9.17) is 0 Å². The van der Waals surface area contributed by atoms with Crippen molar-refractivity contribution in [1.29, 1.82) is 0 Å². The van der Waals surface area contributed by atoms with Crippen molar-refractivity contribution in [1.82, 2.24) is 5.32 Å². The van der Waals surface area contributed by atoms with Gasteiger partial charge in [-0.25, -0.2) is 0 Å². The van der Waals surface area contributed by atoms with Crippen LogP contribution in [0, 0.1) is 11.8 Å². The lowest BCUT2D eigenvalue weighted by Gasteiger charge is -2.24. The molecule has 0 spiro atoms. The van der Waals surface area contributed by atoms with Crippen molar-refractivity contribution in [2.45, 2.75) is 38.1 Å². The third-order valence-corrected chi connectivity index (χ3v) is 4.26. The van der Waals surface area contributed by atoms with Gasteiger partial charge < -0.3 is 5.32 Å². The Kier molecular flexibility index (Phi) is 3.80. The van der Waals surface area contributed by atoms with Crippen LogP contribution in [0.5, 0.6) is 0 Å². The molecule has 0 aromatic heterocycles. The van der Waals surface area contributed by atoms with Gasteiger partial charge in [0, 0.05) is 6.04 Å². The molecule has 1 nitrogen and oxygen atoms in total. The van der Waals surface area contributed by atoms with Gasteiger partial charge in [-0.05, 0) is 56.0 Å². The standard InChI is InChI=1S/C17H23N/c1-3-7-14(8-4-1)13-18-17(16-11-12-16)15-9-5-2-6-10-15/h1-3,5-6,9-10,14,16-18H,4,7-8,11-13H2. The molecule has 0 amide bonds. The Morgan fingerprint density at radius 1 is 1.06 bits per heavy atom. The van der Waals surface area contributed by atoms with E-state index >= 15 is 0 Å². The number of nitrogens with one attached hydrogen (secondary N) is 1. The van der Waals surface area contributed by atoms with E-state index in [1.807, 2.05) is 0 Å². The molecule has 0 bridgehead atoms. The molecule has 0 aliphatic heterocycles.